The summed E-state index contributed by atoms with van der Waals surface area (Å²) in [5, 5.41) is 20.9. The number of nitro benzene ring substituents is 1. The number of rotatable bonds is 5. The molecule has 1 unspecified atom stereocenters. The molecular weight excluding hydrogens is 439 g/mol. The summed E-state index contributed by atoms with van der Waals surface area (Å²) in [6.45, 7) is 1.27. The zero-order chi connectivity index (χ0) is 21.3. The minimum Gasteiger partial charge on any atom is -0.465 e. The molecule has 0 saturated carbocycles. The smallest absolute Gasteiger partial charge is 0.337 e. The van der Waals surface area contributed by atoms with Gasteiger partial charge in [-0.15, -0.1) is 0 Å². The number of benzene rings is 2. The van der Waals surface area contributed by atoms with E-state index in [2.05, 4.69) is 13.9 Å². The topological polar surface area (TPSA) is 165 Å². The van der Waals surface area contributed by atoms with Crippen LogP contribution in [0.1, 0.15) is 17.3 Å². The first-order valence-corrected chi connectivity index (χ1v) is 10.8. The standard InChI is InChI=1S/C8H10AsNO5.C8H7NO4/c1-6(11)10-8-5-3-2-4-7(8)9(12,13)15-14;1-13-8(10)6-2-4-7(5-3-6)9(11)12/h2-5,14H,1H3,(H,10,11)(H,12,13);2-5H,1H3. The summed E-state index contributed by atoms with van der Waals surface area (Å²) in [6, 6.07) is 11.1. The Morgan fingerprint density at radius 2 is 1.71 bits per heavy atom. The molecule has 0 aliphatic carbocycles. The predicted molar refractivity (Wildman–Crippen MR) is 97.2 cm³/mol. The average Bonchev–Trinajstić information content (AvgIpc) is 2.67. The van der Waals surface area contributed by atoms with E-state index in [0.717, 1.165) is 0 Å². The van der Waals surface area contributed by atoms with Crippen LogP contribution in [-0.4, -0.2) is 47.4 Å². The first-order chi connectivity index (χ1) is 13.1. The van der Waals surface area contributed by atoms with Gasteiger partial charge < -0.3 is 4.74 Å². The first kappa shape index (κ1) is 23.1. The molecule has 0 bridgehead atoms. The van der Waals surface area contributed by atoms with Crippen molar-refractivity contribution in [2.75, 3.05) is 12.4 Å². The number of hydrogen-bond donors (Lipinski definition) is 3. The van der Waals surface area contributed by atoms with Crippen molar-refractivity contribution in [2.24, 2.45) is 0 Å². The molecule has 2 aromatic carbocycles. The molecule has 0 radical (unpaired) electrons. The van der Waals surface area contributed by atoms with Gasteiger partial charge in [-0.3, -0.25) is 10.1 Å². The molecule has 2 aromatic rings. The quantitative estimate of drug-likeness (QED) is 0.196. The molecule has 1 amide bonds. The maximum Gasteiger partial charge on any atom is 0.337 e. The van der Waals surface area contributed by atoms with Crippen molar-refractivity contribution in [1.29, 1.82) is 0 Å². The Hall–Kier alpha value is -2.98. The van der Waals surface area contributed by atoms with Crippen molar-refractivity contribution >= 4 is 41.8 Å². The maximum atomic E-state index is 11.4. The number of esters is 1. The molecule has 0 aromatic heterocycles. The molecule has 3 N–H and O–H groups in total. The van der Waals surface area contributed by atoms with Crippen molar-refractivity contribution in [3.8, 4) is 0 Å². The Labute approximate surface area is 162 Å². The molecule has 12 heteroatoms. The number of amides is 1. The third kappa shape index (κ3) is 6.63. The monoisotopic (exact) mass is 456 g/mol. The maximum absolute atomic E-state index is 11.4. The summed E-state index contributed by atoms with van der Waals surface area (Å²) < 4.78 is 28.6. The van der Waals surface area contributed by atoms with E-state index in [9.17, 15) is 27.5 Å². The number of hydrogen-bond acceptors (Lipinski definition) is 8. The summed E-state index contributed by atoms with van der Waals surface area (Å²) in [5.41, 5.74) is 0.407. The van der Waals surface area contributed by atoms with Crippen LogP contribution >= 0.6 is 0 Å². The van der Waals surface area contributed by atoms with Crippen LogP contribution in [0.15, 0.2) is 48.5 Å². The Bertz CT molecular complexity index is 899. The molecule has 0 fully saturated rings. The fraction of sp³-hybridized carbons (Fsp3) is 0.125. The number of nitro groups is 1. The molecule has 2 rings (SSSR count). The molecule has 0 spiro atoms. The van der Waals surface area contributed by atoms with E-state index < -0.39 is 25.1 Å². The summed E-state index contributed by atoms with van der Waals surface area (Å²) in [4.78, 5) is 31.4. The molecule has 11 nitrogen and oxygen atoms in total. The van der Waals surface area contributed by atoms with Crippen molar-refractivity contribution in [1.82, 2.24) is 0 Å². The molecule has 0 heterocycles. The van der Waals surface area contributed by atoms with Crippen LogP contribution < -0.4 is 9.67 Å². The van der Waals surface area contributed by atoms with Crippen LogP contribution in [0, 0.1) is 10.1 Å². The molecule has 1 atom stereocenters. The van der Waals surface area contributed by atoms with E-state index in [1.54, 1.807) is 6.07 Å². The van der Waals surface area contributed by atoms with Gasteiger partial charge in [-0.25, -0.2) is 4.79 Å². The van der Waals surface area contributed by atoms with Gasteiger partial charge in [0, 0.05) is 12.1 Å². The number of para-hydroxylation sites is 1. The molecule has 28 heavy (non-hydrogen) atoms. The van der Waals surface area contributed by atoms with Gasteiger partial charge in [-0.2, -0.15) is 0 Å². The third-order valence-corrected chi connectivity index (χ3v) is 5.69. The minimum absolute atomic E-state index is 0.0485. The number of nitrogens with zero attached hydrogens (tertiary/aromatic N) is 1. The van der Waals surface area contributed by atoms with Gasteiger partial charge in [-0.05, 0) is 12.1 Å². The Morgan fingerprint density at radius 1 is 1.14 bits per heavy atom. The fourth-order valence-corrected chi connectivity index (χ4v) is 3.57. The van der Waals surface area contributed by atoms with Crippen LogP contribution in [0.25, 0.3) is 0 Å². The molecular formula is C16H17AsN2O9. The van der Waals surface area contributed by atoms with Crippen molar-refractivity contribution in [3.63, 3.8) is 0 Å². The van der Waals surface area contributed by atoms with E-state index in [0.29, 0.717) is 5.56 Å². The summed E-state index contributed by atoms with van der Waals surface area (Å²) in [6.07, 6.45) is 0. The van der Waals surface area contributed by atoms with Gasteiger partial charge in [0.15, 0.2) is 0 Å². The molecule has 0 saturated heterocycles. The summed E-state index contributed by atoms with van der Waals surface area (Å²) in [5.74, 6) is -0.884. The number of nitrogens with one attached hydrogen (secondary N) is 1. The third-order valence-electron chi connectivity index (χ3n) is 3.13. The summed E-state index contributed by atoms with van der Waals surface area (Å²) >= 11 is -4.92. The van der Waals surface area contributed by atoms with Crippen LogP contribution in [-0.2, 0) is 17.1 Å². The number of ether oxygens (including phenoxy) is 1. The van der Waals surface area contributed by atoms with E-state index in [1.807, 2.05) is 0 Å². The second-order valence-corrected chi connectivity index (χ2v) is 8.63. The Morgan fingerprint density at radius 3 is 2.18 bits per heavy atom. The van der Waals surface area contributed by atoms with Crippen molar-refractivity contribution in [2.45, 2.75) is 6.92 Å². The number of anilines is 1. The number of carbonyl (C=O) groups excluding carboxylic acids is 2. The summed E-state index contributed by atoms with van der Waals surface area (Å²) in [7, 11) is 1.25. The number of carbonyl (C=O) groups is 2. The van der Waals surface area contributed by atoms with Crippen LogP contribution in [0.5, 0.6) is 0 Å². The molecule has 0 aliphatic rings. The van der Waals surface area contributed by atoms with Crippen LogP contribution in [0.3, 0.4) is 0 Å². The Kier molecular flexibility index (Phi) is 8.55. The van der Waals surface area contributed by atoms with Crippen LogP contribution in [0.4, 0.5) is 11.4 Å². The fourth-order valence-electron chi connectivity index (χ4n) is 1.90. The number of methoxy groups -OCH3 is 1. The zero-order valence-corrected chi connectivity index (χ0v) is 16.6. The van der Waals surface area contributed by atoms with E-state index in [4.69, 9.17) is 5.26 Å². The van der Waals surface area contributed by atoms with Gasteiger partial charge in [0.05, 0.1) is 17.6 Å². The normalized spacial score (nSPS) is 12.0. The second kappa shape index (κ2) is 10.4. The van der Waals surface area contributed by atoms with E-state index in [-0.39, 0.29) is 21.6 Å². The molecule has 0 aliphatic heterocycles. The first-order valence-electron chi connectivity index (χ1n) is 7.48. The van der Waals surface area contributed by atoms with Crippen LogP contribution in [0.2, 0.25) is 0 Å². The van der Waals surface area contributed by atoms with Gasteiger partial charge in [0.1, 0.15) is 0 Å². The van der Waals surface area contributed by atoms with E-state index >= 15 is 0 Å². The largest absolute Gasteiger partial charge is 0.465 e. The molecule has 150 valence electrons. The van der Waals surface area contributed by atoms with Gasteiger partial charge in [0.25, 0.3) is 5.69 Å². The number of non-ortho nitro benzene ring substituents is 1. The van der Waals surface area contributed by atoms with Gasteiger partial charge in [-0.1, -0.05) is 0 Å². The average molecular weight is 456 g/mol. The minimum atomic E-state index is -4.92. The second-order valence-electron chi connectivity index (χ2n) is 5.10. The van der Waals surface area contributed by atoms with Crippen molar-refractivity contribution < 1.29 is 36.2 Å². The van der Waals surface area contributed by atoms with E-state index in [1.165, 1.54) is 56.5 Å². The zero-order valence-electron chi connectivity index (χ0n) is 14.8. The van der Waals surface area contributed by atoms with Gasteiger partial charge >= 0.3 is 94.4 Å². The SMILES string of the molecule is CC(=O)Nc1ccccc1[As](=O)(O)OO.COC(=O)c1ccc([N+](=O)[O-])cc1. The van der Waals surface area contributed by atoms with Crippen molar-refractivity contribution in [3.05, 3.63) is 64.2 Å². The van der Waals surface area contributed by atoms with Gasteiger partial charge in [0.2, 0.25) is 0 Å². The predicted octanol–water partition coefficient (Wildman–Crippen LogP) is 1.08. The Balaban J connectivity index is 0.000000283.